The molecular formula is C14H12ClF3N2. The molecule has 0 aliphatic rings. The second kappa shape index (κ2) is 6.26. The predicted octanol–water partition coefficient (Wildman–Crippen LogP) is 3.50. The summed E-state index contributed by atoms with van der Waals surface area (Å²) >= 11 is 5.85. The second-order valence-corrected chi connectivity index (χ2v) is 4.68. The molecule has 106 valence electrons. The molecule has 2 nitrogen and oxygen atoms in total. The third-order valence-corrected chi connectivity index (χ3v) is 3.42. The fraction of sp³-hybridized carbons (Fsp3) is 0.143. The monoisotopic (exact) mass is 300 g/mol. The van der Waals surface area contributed by atoms with E-state index >= 15 is 0 Å². The number of rotatable bonds is 4. The van der Waals surface area contributed by atoms with E-state index in [1.807, 2.05) is 0 Å². The van der Waals surface area contributed by atoms with Gasteiger partial charge in [-0.05, 0) is 24.1 Å². The highest BCUT2D eigenvalue weighted by atomic mass is 35.5. The normalized spacial score (nSPS) is 12.4. The van der Waals surface area contributed by atoms with Crippen molar-refractivity contribution in [2.45, 2.75) is 12.5 Å². The lowest BCUT2D eigenvalue weighted by atomic mass is 9.98. The van der Waals surface area contributed by atoms with Gasteiger partial charge in [0.25, 0.3) is 0 Å². The highest BCUT2D eigenvalue weighted by Crippen LogP contribution is 2.26. The van der Waals surface area contributed by atoms with Crippen LogP contribution in [0.25, 0.3) is 0 Å². The Morgan fingerprint density at radius 1 is 1.10 bits per heavy atom. The molecule has 0 aliphatic carbocycles. The zero-order valence-corrected chi connectivity index (χ0v) is 11.1. The van der Waals surface area contributed by atoms with E-state index in [1.165, 1.54) is 18.2 Å². The van der Waals surface area contributed by atoms with E-state index in [9.17, 15) is 13.2 Å². The van der Waals surface area contributed by atoms with Gasteiger partial charge in [0.15, 0.2) is 0 Å². The molecule has 3 N–H and O–H groups in total. The molecule has 0 radical (unpaired) electrons. The van der Waals surface area contributed by atoms with Crippen molar-refractivity contribution in [3.8, 4) is 0 Å². The van der Waals surface area contributed by atoms with Gasteiger partial charge in [-0.2, -0.15) is 0 Å². The topological polar surface area (TPSA) is 38.0 Å². The molecule has 1 atom stereocenters. The van der Waals surface area contributed by atoms with Gasteiger partial charge in [0.05, 0.1) is 11.1 Å². The number of hydrogen-bond donors (Lipinski definition) is 2. The van der Waals surface area contributed by atoms with Crippen LogP contribution in [0.5, 0.6) is 0 Å². The minimum atomic E-state index is -0.722. The van der Waals surface area contributed by atoms with Gasteiger partial charge in [0, 0.05) is 11.6 Å². The van der Waals surface area contributed by atoms with E-state index in [4.69, 9.17) is 17.4 Å². The van der Waals surface area contributed by atoms with Crippen LogP contribution in [0.4, 0.5) is 13.2 Å². The summed E-state index contributed by atoms with van der Waals surface area (Å²) in [4.78, 5) is 0. The third kappa shape index (κ3) is 3.12. The molecule has 0 bridgehead atoms. The molecule has 0 aliphatic heterocycles. The average Bonchev–Trinajstić information content (AvgIpc) is 2.41. The van der Waals surface area contributed by atoms with Crippen LogP contribution < -0.4 is 11.3 Å². The van der Waals surface area contributed by atoms with Gasteiger partial charge < -0.3 is 0 Å². The number of nitrogens with one attached hydrogen (secondary N) is 1. The van der Waals surface area contributed by atoms with Crippen molar-refractivity contribution >= 4 is 11.6 Å². The Labute approximate surface area is 119 Å². The van der Waals surface area contributed by atoms with Crippen molar-refractivity contribution in [2.24, 2.45) is 5.84 Å². The Bertz CT molecular complexity index is 619. The standard InChI is InChI=1S/C14H12ClF3N2/c15-14-8(2-1-3-11(14)17)6-13(20-19)10-5-4-9(16)7-12(10)18/h1-5,7,13,20H,6,19H2. The van der Waals surface area contributed by atoms with E-state index in [-0.39, 0.29) is 17.0 Å². The van der Waals surface area contributed by atoms with Crippen molar-refractivity contribution < 1.29 is 13.2 Å². The Kier molecular flexibility index (Phi) is 4.65. The maximum absolute atomic E-state index is 13.7. The third-order valence-electron chi connectivity index (χ3n) is 2.99. The Balaban J connectivity index is 2.31. The largest absolute Gasteiger partial charge is 0.271 e. The van der Waals surface area contributed by atoms with Gasteiger partial charge in [-0.3, -0.25) is 11.3 Å². The SMILES string of the molecule is NNC(Cc1cccc(F)c1Cl)c1ccc(F)cc1F. The maximum Gasteiger partial charge on any atom is 0.142 e. The highest BCUT2D eigenvalue weighted by Gasteiger charge is 2.18. The van der Waals surface area contributed by atoms with Gasteiger partial charge in [-0.25, -0.2) is 13.2 Å². The van der Waals surface area contributed by atoms with Crippen LogP contribution in [0, 0.1) is 17.5 Å². The van der Waals surface area contributed by atoms with Crippen LogP contribution in [0.1, 0.15) is 17.2 Å². The van der Waals surface area contributed by atoms with E-state index in [0.717, 1.165) is 12.1 Å². The molecule has 1 unspecified atom stereocenters. The van der Waals surface area contributed by atoms with E-state index in [0.29, 0.717) is 5.56 Å². The van der Waals surface area contributed by atoms with Gasteiger partial charge in [-0.15, -0.1) is 0 Å². The van der Waals surface area contributed by atoms with Crippen LogP contribution in [-0.4, -0.2) is 0 Å². The number of hydrazine groups is 1. The quantitative estimate of drug-likeness (QED) is 0.670. The Morgan fingerprint density at radius 2 is 1.85 bits per heavy atom. The molecule has 2 rings (SSSR count). The van der Waals surface area contributed by atoms with Crippen LogP contribution >= 0.6 is 11.6 Å². The molecule has 0 aromatic heterocycles. The second-order valence-electron chi connectivity index (χ2n) is 4.30. The van der Waals surface area contributed by atoms with Crippen molar-refractivity contribution in [1.29, 1.82) is 0 Å². The number of nitrogens with two attached hydrogens (primary N) is 1. The van der Waals surface area contributed by atoms with Gasteiger partial charge in [0.2, 0.25) is 0 Å². The molecule has 0 spiro atoms. The van der Waals surface area contributed by atoms with Gasteiger partial charge in [0.1, 0.15) is 17.5 Å². The Morgan fingerprint density at radius 3 is 2.50 bits per heavy atom. The number of halogens is 4. The van der Waals surface area contributed by atoms with Gasteiger partial charge in [-0.1, -0.05) is 29.8 Å². The summed E-state index contributed by atoms with van der Waals surface area (Å²) < 4.78 is 40.0. The fourth-order valence-corrected chi connectivity index (χ4v) is 2.17. The fourth-order valence-electron chi connectivity index (χ4n) is 1.97. The molecule has 0 heterocycles. The number of benzene rings is 2. The molecule has 2 aromatic rings. The zero-order chi connectivity index (χ0) is 14.7. The summed E-state index contributed by atoms with van der Waals surface area (Å²) in [6.07, 6.45) is 0.176. The average molecular weight is 301 g/mol. The summed E-state index contributed by atoms with van der Waals surface area (Å²) in [7, 11) is 0. The summed E-state index contributed by atoms with van der Waals surface area (Å²) in [6.45, 7) is 0. The van der Waals surface area contributed by atoms with E-state index < -0.39 is 23.5 Å². The van der Waals surface area contributed by atoms with Crippen molar-refractivity contribution in [2.75, 3.05) is 0 Å². The lowest BCUT2D eigenvalue weighted by Gasteiger charge is -2.18. The van der Waals surface area contributed by atoms with Crippen LogP contribution in [0.3, 0.4) is 0 Å². The van der Waals surface area contributed by atoms with E-state index in [1.54, 1.807) is 6.07 Å². The molecule has 20 heavy (non-hydrogen) atoms. The van der Waals surface area contributed by atoms with Crippen molar-refractivity contribution in [3.63, 3.8) is 0 Å². The number of hydrogen-bond acceptors (Lipinski definition) is 2. The molecular weight excluding hydrogens is 289 g/mol. The summed E-state index contributed by atoms with van der Waals surface area (Å²) in [5.41, 5.74) is 3.10. The molecule has 0 saturated heterocycles. The lowest BCUT2D eigenvalue weighted by Crippen LogP contribution is -2.30. The molecule has 0 fully saturated rings. The molecule has 0 saturated carbocycles. The van der Waals surface area contributed by atoms with Gasteiger partial charge >= 0.3 is 0 Å². The zero-order valence-electron chi connectivity index (χ0n) is 10.3. The van der Waals surface area contributed by atoms with E-state index in [2.05, 4.69) is 5.43 Å². The first kappa shape index (κ1) is 14.8. The molecule has 0 amide bonds. The van der Waals surface area contributed by atoms with Crippen LogP contribution in [0.2, 0.25) is 5.02 Å². The first-order chi connectivity index (χ1) is 9.52. The molecule has 2 aromatic carbocycles. The predicted molar refractivity (Wildman–Crippen MR) is 71.5 cm³/mol. The van der Waals surface area contributed by atoms with Crippen molar-refractivity contribution in [1.82, 2.24) is 5.43 Å². The highest BCUT2D eigenvalue weighted by molar-refractivity contribution is 6.31. The maximum atomic E-state index is 13.7. The van der Waals surface area contributed by atoms with Crippen LogP contribution in [-0.2, 0) is 6.42 Å². The minimum absolute atomic E-state index is 0.0322. The summed E-state index contributed by atoms with van der Waals surface area (Å²) in [5, 5.41) is -0.0322. The summed E-state index contributed by atoms with van der Waals surface area (Å²) in [5.74, 6) is 3.45. The first-order valence-corrected chi connectivity index (χ1v) is 6.24. The molecule has 6 heteroatoms. The minimum Gasteiger partial charge on any atom is -0.271 e. The summed E-state index contributed by atoms with van der Waals surface area (Å²) in [6, 6.07) is 6.91. The van der Waals surface area contributed by atoms with Crippen LogP contribution in [0.15, 0.2) is 36.4 Å². The first-order valence-electron chi connectivity index (χ1n) is 5.87. The lowest BCUT2D eigenvalue weighted by molar-refractivity contribution is 0.501. The van der Waals surface area contributed by atoms with Crippen molar-refractivity contribution in [3.05, 3.63) is 70.0 Å². The Hall–Kier alpha value is -1.56. The smallest absolute Gasteiger partial charge is 0.142 e.